The van der Waals surface area contributed by atoms with E-state index in [1.165, 1.54) is 0 Å². The van der Waals surface area contributed by atoms with Gasteiger partial charge in [0.05, 0.1) is 6.61 Å². The van der Waals surface area contributed by atoms with E-state index in [-0.39, 0.29) is 0 Å². The molecular weight excluding hydrogens is 288 g/mol. The SMILES string of the molecule is CCOc1ccccc1OCCOc1cccc(CCl)c1. The van der Waals surface area contributed by atoms with E-state index in [9.17, 15) is 0 Å². The Labute approximate surface area is 130 Å². The fraction of sp³-hybridized carbons (Fsp3) is 0.294. The first-order chi connectivity index (χ1) is 10.3. The molecule has 0 aliphatic rings. The molecule has 0 N–H and O–H groups in total. The van der Waals surface area contributed by atoms with Crippen molar-refractivity contribution in [2.45, 2.75) is 12.8 Å². The van der Waals surface area contributed by atoms with E-state index in [4.69, 9.17) is 25.8 Å². The molecular formula is C17H19ClO3. The van der Waals surface area contributed by atoms with Gasteiger partial charge in [-0.25, -0.2) is 0 Å². The van der Waals surface area contributed by atoms with Crippen molar-refractivity contribution < 1.29 is 14.2 Å². The zero-order valence-electron chi connectivity index (χ0n) is 12.0. The van der Waals surface area contributed by atoms with Crippen molar-refractivity contribution in [2.75, 3.05) is 19.8 Å². The lowest BCUT2D eigenvalue weighted by Gasteiger charge is -2.12. The molecule has 112 valence electrons. The summed E-state index contributed by atoms with van der Waals surface area (Å²) in [4.78, 5) is 0. The third-order valence-corrected chi connectivity index (χ3v) is 3.12. The number of alkyl halides is 1. The molecule has 4 heteroatoms. The fourth-order valence-electron chi connectivity index (χ4n) is 1.87. The average molecular weight is 307 g/mol. The highest BCUT2D eigenvalue weighted by Crippen LogP contribution is 2.26. The van der Waals surface area contributed by atoms with Gasteiger partial charge in [0.2, 0.25) is 0 Å². The Morgan fingerprint density at radius 3 is 2.29 bits per heavy atom. The second-order valence-corrected chi connectivity index (χ2v) is 4.62. The van der Waals surface area contributed by atoms with Crippen LogP contribution in [0.25, 0.3) is 0 Å². The summed E-state index contributed by atoms with van der Waals surface area (Å²) in [6.45, 7) is 3.48. The van der Waals surface area contributed by atoms with Crippen LogP contribution < -0.4 is 14.2 Å². The molecule has 0 heterocycles. The van der Waals surface area contributed by atoms with Crippen molar-refractivity contribution in [3.05, 3.63) is 54.1 Å². The standard InChI is InChI=1S/C17H19ClO3/c1-2-19-16-8-3-4-9-17(16)21-11-10-20-15-7-5-6-14(12-15)13-18/h3-9,12H,2,10-11,13H2,1H3. The molecule has 0 aliphatic carbocycles. The minimum atomic E-state index is 0.454. The lowest BCUT2D eigenvalue weighted by molar-refractivity contribution is 0.208. The van der Waals surface area contributed by atoms with Crippen molar-refractivity contribution in [3.63, 3.8) is 0 Å². The van der Waals surface area contributed by atoms with Crippen LogP contribution >= 0.6 is 11.6 Å². The van der Waals surface area contributed by atoms with Crippen LogP contribution in [-0.4, -0.2) is 19.8 Å². The number of halogens is 1. The Kier molecular flexibility index (Phi) is 6.22. The van der Waals surface area contributed by atoms with Crippen molar-refractivity contribution in [1.82, 2.24) is 0 Å². The largest absolute Gasteiger partial charge is 0.490 e. The summed E-state index contributed by atoms with van der Waals surface area (Å²) >= 11 is 5.79. The molecule has 2 aromatic carbocycles. The van der Waals surface area contributed by atoms with Gasteiger partial charge in [-0.3, -0.25) is 0 Å². The van der Waals surface area contributed by atoms with Gasteiger partial charge in [-0.2, -0.15) is 0 Å². The second kappa shape index (κ2) is 8.42. The summed E-state index contributed by atoms with van der Waals surface area (Å²) in [5.41, 5.74) is 1.04. The molecule has 0 bridgehead atoms. The molecule has 2 aromatic rings. The summed E-state index contributed by atoms with van der Waals surface area (Å²) in [6.07, 6.45) is 0. The van der Waals surface area contributed by atoms with E-state index in [2.05, 4.69) is 0 Å². The van der Waals surface area contributed by atoms with E-state index in [1.54, 1.807) is 0 Å². The van der Waals surface area contributed by atoms with Crippen LogP contribution in [0, 0.1) is 0 Å². The Balaban J connectivity index is 1.81. The normalized spacial score (nSPS) is 10.2. The van der Waals surface area contributed by atoms with Crippen molar-refractivity contribution in [3.8, 4) is 17.2 Å². The summed E-state index contributed by atoms with van der Waals surface area (Å²) in [7, 11) is 0. The van der Waals surface area contributed by atoms with Gasteiger partial charge < -0.3 is 14.2 Å². The van der Waals surface area contributed by atoms with Gasteiger partial charge in [0.1, 0.15) is 19.0 Å². The molecule has 0 radical (unpaired) electrons. The molecule has 3 nitrogen and oxygen atoms in total. The Bertz CT molecular complexity index is 557. The van der Waals surface area contributed by atoms with E-state index < -0.39 is 0 Å². The van der Waals surface area contributed by atoms with E-state index in [1.807, 2.05) is 55.5 Å². The van der Waals surface area contributed by atoms with Crippen molar-refractivity contribution in [1.29, 1.82) is 0 Å². The number of hydrogen-bond acceptors (Lipinski definition) is 3. The van der Waals surface area contributed by atoms with Crippen LogP contribution in [0.5, 0.6) is 17.2 Å². The van der Waals surface area contributed by atoms with Gasteiger partial charge in [0.25, 0.3) is 0 Å². The molecule has 0 atom stereocenters. The maximum absolute atomic E-state index is 5.79. The molecule has 0 fully saturated rings. The van der Waals surface area contributed by atoms with Crippen LogP contribution in [0.3, 0.4) is 0 Å². The number of ether oxygens (including phenoxy) is 3. The van der Waals surface area contributed by atoms with Gasteiger partial charge in [-0.1, -0.05) is 24.3 Å². The maximum atomic E-state index is 5.79. The van der Waals surface area contributed by atoms with Gasteiger partial charge >= 0.3 is 0 Å². The topological polar surface area (TPSA) is 27.7 Å². The lowest BCUT2D eigenvalue weighted by atomic mass is 10.2. The third-order valence-electron chi connectivity index (χ3n) is 2.81. The van der Waals surface area contributed by atoms with Gasteiger partial charge in [0.15, 0.2) is 11.5 Å². The molecule has 0 saturated carbocycles. The Morgan fingerprint density at radius 2 is 1.57 bits per heavy atom. The summed E-state index contributed by atoms with van der Waals surface area (Å²) in [6, 6.07) is 15.4. The van der Waals surface area contributed by atoms with Gasteiger partial charge in [-0.15, -0.1) is 11.6 Å². The maximum Gasteiger partial charge on any atom is 0.161 e. The summed E-state index contributed by atoms with van der Waals surface area (Å²) in [5, 5.41) is 0. The number of para-hydroxylation sites is 2. The van der Waals surface area contributed by atoms with E-state index in [0.717, 1.165) is 22.8 Å². The quantitative estimate of drug-likeness (QED) is 0.538. The zero-order chi connectivity index (χ0) is 14.9. The molecule has 21 heavy (non-hydrogen) atoms. The molecule has 2 rings (SSSR count). The van der Waals surface area contributed by atoms with Gasteiger partial charge in [-0.05, 0) is 36.8 Å². The van der Waals surface area contributed by atoms with Gasteiger partial charge in [0, 0.05) is 5.88 Å². The lowest BCUT2D eigenvalue weighted by Crippen LogP contribution is -2.09. The predicted octanol–water partition coefficient (Wildman–Crippen LogP) is 4.28. The Morgan fingerprint density at radius 1 is 0.857 bits per heavy atom. The number of hydrogen-bond donors (Lipinski definition) is 0. The predicted molar refractivity (Wildman–Crippen MR) is 84.6 cm³/mol. The fourth-order valence-corrected chi connectivity index (χ4v) is 2.04. The number of rotatable bonds is 8. The average Bonchev–Trinajstić information content (AvgIpc) is 2.53. The summed E-state index contributed by atoms with van der Waals surface area (Å²) in [5.74, 6) is 2.77. The summed E-state index contributed by atoms with van der Waals surface area (Å²) < 4.78 is 16.8. The Hall–Kier alpha value is -1.87. The zero-order valence-corrected chi connectivity index (χ0v) is 12.8. The highest BCUT2D eigenvalue weighted by Gasteiger charge is 2.03. The van der Waals surface area contributed by atoms with Crippen LogP contribution in [0.1, 0.15) is 12.5 Å². The minimum Gasteiger partial charge on any atom is -0.490 e. The molecule has 0 aromatic heterocycles. The number of benzene rings is 2. The molecule has 0 aliphatic heterocycles. The molecule has 0 saturated heterocycles. The van der Waals surface area contributed by atoms with Crippen LogP contribution in [0.4, 0.5) is 0 Å². The first kappa shape index (κ1) is 15.5. The highest BCUT2D eigenvalue weighted by atomic mass is 35.5. The van der Waals surface area contributed by atoms with Crippen molar-refractivity contribution in [2.24, 2.45) is 0 Å². The smallest absolute Gasteiger partial charge is 0.161 e. The molecule has 0 spiro atoms. The minimum absolute atomic E-state index is 0.454. The van der Waals surface area contributed by atoms with Crippen LogP contribution in [0.2, 0.25) is 0 Å². The second-order valence-electron chi connectivity index (χ2n) is 4.36. The third kappa shape index (κ3) is 4.87. The van der Waals surface area contributed by atoms with Crippen LogP contribution in [0.15, 0.2) is 48.5 Å². The van der Waals surface area contributed by atoms with E-state index in [0.29, 0.717) is 25.7 Å². The first-order valence-electron chi connectivity index (χ1n) is 6.96. The van der Waals surface area contributed by atoms with Crippen LogP contribution in [-0.2, 0) is 5.88 Å². The monoisotopic (exact) mass is 306 g/mol. The van der Waals surface area contributed by atoms with Crippen molar-refractivity contribution >= 4 is 11.6 Å². The highest BCUT2D eigenvalue weighted by molar-refractivity contribution is 6.17. The van der Waals surface area contributed by atoms with E-state index >= 15 is 0 Å². The molecule has 0 unspecified atom stereocenters. The molecule has 0 amide bonds. The first-order valence-corrected chi connectivity index (χ1v) is 7.49.